The van der Waals surface area contributed by atoms with E-state index in [-0.39, 0.29) is 23.1 Å². The van der Waals surface area contributed by atoms with Crippen molar-refractivity contribution in [1.82, 2.24) is 4.98 Å². The van der Waals surface area contributed by atoms with Gasteiger partial charge in [0.25, 0.3) is 0 Å². The second-order valence-electron chi connectivity index (χ2n) is 8.70. The lowest BCUT2D eigenvalue weighted by Gasteiger charge is -2.52. The summed E-state index contributed by atoms with van der Waals surface area (Å²) in [4.78, 5) is 19.2. The number of aromatic nitrogens is 1. The van der Waals surface area contributed by atoms with Gasteiger partial charge in [-0.15, -0.1) is 0 Å². The van der Waals surface area contributed by atoms with Crippen molar-refractivity contribution in [3.05, 3.63) is 64.8 Å². The quantitative estimate of drug-likeness (QED) is 0.501. The predicted molar refractivity (Wildman–Crippen MR) is 121 cm³/mol. The number of piperidine rings is 1. The fourth-order valence-corrected chi connectivity index (χ4v) is 5.25. The molecular weight excluding hydrogens is 464 g/mol. The topological polar surface area (TPSA) is 45.2 Å². The number of hydrogen-bond donors (Lipinski definition) is 1. The summed E-state index contributed by atoms with van der Waals surface area (Å²) in [6, 6.07) is 11.3. The van der Waals surface area contributed by atoms with Crippen LogP contribution in [0.3, 0.4) is 0 Å². The molecule has 1 saturated heterocycles. The molecule has 1 spiro atoms. The molecule has 160 valence electrons. The Morgan fingerprint density at radius 2 is 1.87 bits per heavy atom. The van der Waals surface area contributed by atoms with Gasteiger partial charge in [0.05, 0.1) is 9.99 Å². The second-order valence-corrected chi connectivity index (χ2v) is 9.56. The maximum Gasteiger partial charge on any atom is 0.227 e. The molecule has 0 radical (unpaired) electrons. The minimum absolute atomic E-state index is 0.0332. The number of carbonyl (C=O) groups is 1. The van der Waals surface area contributed by atoms with Crippen LogP contribution in [0.5, 0.6) is 0 Å². The molecule has 1 amide bonds. The fourth-order valence-electron chi connectivity index (χ4n) is 5.00. The average molecular weight is 486 g/mol. The van der Waals surface area contributed by atoms with E-state index in [1.807, 2.05) is 6.07 Å². The van der Waals surface area contributed by atoms with Gasteiger partial charge in [0.15, 0.2) is 0 Å². The molecular formula is C24H22BrF2N3O. The number of benzene rings is 2. The first kappa shape index (κ1) is 20.4. The van der Waals surface area contributed by atoms with Gasteiger partial charge in [0.2, 0.25) is 5.91 Å². The molecule has 2 aromatic carbocycles. The van der Waals surface area contributed by atoms with Crippen LogP contribution in [0.25, 0.3) is 10.9 Å². The van der Waals surface area contributed by atoms with Crippen LogP contribution in [-0.2, 0) is 4.79 Å². The molecule has 1 aliphatic carbocycles. The summed E-state index contributed by atoms with van der Waals surface area (Å²) in [5.41, 5.74) is 2.49. The van der Waals surface area contributed by atoms with Crippen LogP contribution < -0.4 is 10.2 Å². The van der Waals surface area contributed by atoms with E-state index in [0.29, 0.717) is 10.2 Å². The van der Waals surface area contributed by atoms with Crippen LogP contribution >= 0.6 is 15.9 Å². The van der Waals surface area contributed by atoms with Crippen LogP contribution in [0.4, 0.5) is 20.2 Å². The molecule has 4 nitrogen and oxygen atoms in total. The zero-order valence-electron chi connectivity index (χ0n) is 16.9. The van der Waals surface area contributed by atoms with Gasteiger partial charge in [-0.05, 0) is 89.5 Å². The zero-order chi connectivity index (χ0) is 21.6. The van der Waals surface area contributed by atoms with Crippen molar-refractivity contribution < 1.29 is 13.6 Å². The number of hydrogen-bond acceptors (Lipinski definition) is 3. The van der Waals surface area contributed by atoms with E-state index in [1.165, 1.54) is 12.1 Å². The number of nitrogens with one attached hydrogen (secondary N) is 1. The summed E-state index contributed by atoms with van der Waals surface area (Å²) in [5, 5.41) is 3.68. The summed E-state index contributed by atoms with van der Waals surface area (Å²) in [6.07, 6.45) is 5.50. The Balaban J connectivity index is 1.21. The molecule has 1 N–H and O–H groups in total. The Morgan fingerprint density at radius 3 is 2.61 bits per heavy atom. The molecule has 1 aromatic heterocycles. The third-order valence-electron chi connectivity index (χ3n) is 6.76. The largest absolute Gasteiger partial charge is 0.371 e. The van der Waals surface area contributed by atoms with E-state index in [0.717, 1.165) is 55.4 Å². The highest BCUT2D eigenvalue weighted by Crippen LogP contribution is 2.53. The number of rotatable bonds is 3. The molecule has 5 rings (SSSR count). The first-order chi connectivity index (χ1) is 14.9. The molecule has 7 heteroatoms. The summed E-state index contributed by atoms with van der Waals surface area (Å²) in [7, 11) is 0. The Kier molecular flexibility index (Phi) is 5.16. The molecule has 2 aliphatic rings. The molecule has 0 atom stereocenters. The Hall–Kier alpha value is -2.54. The summed E-state index contributed by atoms with van der Waals surface area (Å²) in [5.74, 6) is -0.716. The van der Waals surface area contributed by atoms with Gasteiger partial charge in [-0.3, -0.25) is 9.78 Å². The van der Waals surface area contributed by atoms with Crippen LogP contribution in [0.15, 0.2) is 53.1 Å². The van der Waals surface area contributed by atoms with Crippen molar-refractivity contribution in [2.75, 3.05) is 23.3 Å². The van der Waals surface area contributed by atoms with Crippen LogP contribution in [0, 0.1) is 23.0 Å². The molecule has 1 aliphatic heterocycles. The number of fused-ring (bicyclic) bond motifs is 1. The third kappa shape index (κ3) is 3.91. The summed E-state index contributed by atoms with van der Waals surface area (Å²) in [6.45, 7) is 1.75. The van der Waals surface area contributed by atoms with E-state index in [2.05, 4.69) is 31.1 Å². The fraction of sp³-hybridized carbons (Fsp3) is 0.333. The number of halogens is 3. The maximum atomic E-state index is 13.8. The minimum atomic E-state index is -0.390. The van der Waals surface area contributed by atoms with E-state index >= 15 is 0 Å². The lowest BCUT2D eigenvalue weighted by Crippen LogP contribution is -2.50. The number of carbonyl (C=O) groups excluding carboxylic acids is 1. The van der Waals surface area contributed by atoms with E-state index in [4.69, 9.17) is 0 Å². The monoisotopic (exact) mass is 485 g/mol. The van der Waals surface area contributed by atoms with Crippen LogP contribution in [-0.4, -0.2) is 24.0 Å². The SMILES string of the molecule is O=C(Nc1ccc(Br)c(F)c1)C1CC2(CCN(c3ccnc4ccc(F)cc34)CC2)C1. The summed E-state index contributed by atoms with van der Waals surface area (Å²) >= 11 is 3.12. The van der Waals surface area contributed by atoms with Crippen molar-refractivity contribution in [2.24, 2.45) is 11.3 Å². The Morgan fingerprint density at radius 1 is 1.10 bits per heavy atom. The zero-order valence-corrected chi connectivity index (χ0v) is 18.5. The van der Waals surface area contributed by atoms with E-state index in [1.54, 1.807) is 30.5 Å². The molecule has 0 bridgehead atoms. The standard InChI is InChI=1S/C24H22BrF2N3O/c25-19-3-2-17(12-20(19)27)29-23(31)15-13-24(14-15)6-9-30(10-7-24)22-5-8-28-21-4-1-16(26)11-18(21)22/h1-5,8,11-12,15H,6-7,9-10,13-14H2,(H,29,31). The van der Waals surface area contributed by atoms with Gasteiger partial charge >= 0.3 is 0 Å². The van der Waals surface area contributed by atoms with Gasteiger partial charge in [-0.2, -0.15) is 0 Å². The van der Waals surface area contributed by atoms with Crippen molar-refractivity contribution in [2.45, 2.75) is 25.7 Å². The van der Waals surface area contributed by atoms with Crippen LogP contribution in [0.1, 0.15) is 25.7 Å². The normalized spacial score (nSPS) is 18.2. The van der Waals surface area contributed by atoms with Crippen molar-refractivity contribution in [3.8, 4) is 0 Å². The van der Waals surface area contributed by atoms with Crippen molar-refractivity contribution >= 4 is 44.1 Å². The smallest absolute Gasteiger partial charge is 0.227 e. The first-order valence-corrected chi connectivity index (χ1v) is 11.3. The van der Waals surface area contributed by atoms with Crippen molar-refractivity contribution in [1.29, 1.82) is 0 Å². The van der Waals surface area contributed by atoms with E-state index < -0.39 is 5.82 Å². The lowest BCUT2D eigenvalue weighted by atomic mass is 9.57. The molecule has 31 heavy (non-hydrogen) atoms. The lowest BCUT2D eigenvalue weighted by molar-refractivity contribution is -0.128. The van der Waals surface area contributed by atoms with Gasteiger partial charge in [0, 0.05) is 42.0 Å². The highest BCUT2D eigenvalue weighted by atomic mass is 79.9. The van der Waals surface area contributed by atoms with E-state index in [9.17, 15) is 13.6 Å². The van der Waals surface area contributed by atoms with Crippen molar-refractivity contribution in [3.63, 3.8) is 0 Å². The van der Waals surface area contributed by atoms with Gasteiger partial charge in [-0.25, -0.2) is 8.78 Å². The Bertz CT molecular complexity index is 1150. The molecule has 1 saturated carbocycles. The predicted octanol–water partition coefficient (Wildman–Crippen LogP) is 5.91. The number of pyridine rings is 1. The number of anilines is 2. The maximum absolute atomic E-state index is 13.8. The number of nitrogens with zero attached hydrogens (tertiary/aromatic N) is 2. The van der Waals surface area contributed by atoms with Gasteiger partial charge < -0.3 is 10.2 Å². The van der Waals surface area contributed by atoms with Crippen LogP contribution in [0.2, 0.25) is 0 Å². The summed E-state index contributed by atoms with van der Waals surface area (Å²) < 4.78 is 27.8. The first-order valence-electron chi connectivity index (χ1n) is 10.5. The highest BCUT2D eigenvalue weighted by Gasteiger charge is 2.48. The average Bonchev–Trinajstić information content (AvgIpc) is 2.74. The van der Waals surface area contributed by atoms with Gasteiger partial charge in [0.1, 0.15) is 11.6 Å². The highest BCUT2D eigenvalue weighted by molar-refractivity contribution is 9.10. The third-order valence-corrected chi connectivity index (χ3v) is 7.41. The van der Waals surface area contributed by atoms with Gasteiger partial charge in [-0.1, -0.05) is 0 Å². The number of amides is 1. The second kappa shape index (κ2) is 7.86. The minimum Gasteiger partial charge on any atom is -0.371 e. The molecule has 3 aromatic rings. The molecule has 2 fully saturated rings. The Labute approximate surface area is 187 Å². The molecule has 0 unspecified atom stereocenters. The molecule has 2 heterocycles.